The SMILES string of the molecule is CN1CCC(=Nc2cccc3c2cc(-c2noc(CNC(=O)c4ccn(C(C)(C)C)c4)n2)n3CC(F)(F)F)[C@@H](F)C1. The second-order valence-electron chi connectivity index (χ2n) is 11.2. The van der Waals surface area contributed by atoms with Crippen LogP contribution in [-0.4, -0.2) is 68.3 Å². The van der Waals surface area contributed by atoms with E-state index in [1.165, 1.54) is 6.07 Å². The fourth-order valence-electron chi connectivity index (χ4n) is 4.75. The molecule has 0 unspecified atom stereocenters. The summed E-state index contributed by atoms with van der Waals surface area (Å²) in [5.74, 6) is -0.405. The van der Waals surface area contributed by atoms with Crippen molar-refractivity contribution in [2.75, 3.05) is 20.1 Å². The maximum Gasteiger partial charge on any atom is 0.406 e. The summed E-state index contributed by atoms with van der Waals surface area (Å²) in [4.78, 5) is 23.2. The number of aliphatic imine (C=N–C) groups is 1. The van der Waals surface area contributed by atoms with Crippen molar-refractivity contribution < 1.29 is 26.9 Å². The van der Waals surface area contributed by atoms with Gasteiger partial charge in [0.25, 0.3) is 5.91 Å². The molecule has 1 atom stereocenters. The molecular weight excluding hydrogens is 542 g/mol. The summed E-state index contributed by atoms with van der Waals surface area (Å²) >= 11 is 0. The zero-order chi connectivity index (χ0) is 29.5. The molecule has 218 valence electrons. The van der Waals surface area contributed by atoms with Gasteiger partial charge in [-0.05, 0) is 52.1 Å². The molecule has 1 amide bonds. The van der Waals surface area contributed by atoms with Gasteiger partial charge in [0.2, 0.25) is 11.7 Å². The lowest BCUT2D eigenvalue weighted by Gasteiger charge is -2.26. The number of carbonyl (C=O) groups is 1. The van der Waals surface area contributed by atoms with Crippen molar-refractivity contribution in [1.29, 1.82) is 0 Å². The van der Waals surface area contributed by atoms with Gasteiger partial charge in [0.05, 0.1) is 34.7 Å². The lowest BCUT2D eigenvalue weighted by molar-refractivity contribution is -0.139. The Morgan fingerprint density at radius 3 is 2.68 bits per heavy atom. The van der Waals surface area contributed by atoms with E-state index >= 15 is 0 Å². The van der Waals surface area contributed by atoms with E-state index in [1.807, 2.05) is 37.3 Å². The van der Waals surface area contributed by atoms with E-state index in [9.17, 15) is 22.4 Å². The third-order valence-corrected chi connectivity index (χ3v) is 6.93. The third-order valence-electron chi connectivity index (χ3n) is 6.93. The van der Waals surface area contributed by atoms with Crippen molar-refractivity contribution in [2.24, 2.45) is 4.99 Å². The molecule has 41 heavy (non-hydrogen) atoms. The summed E-state index contributed by atoms with van der Waals surface area (Å²) in [6.45, 7) is 5.46. The number of hydrogen-bond acceptors (Lipinski definition) is 6. The number of amides is 1. The van der Waals surface area contributed by atoms with E-state index in [0.717, 1.165) is 4.57 Å². The molecule has 0 saturated carbocycles. The van der Waals surface area contributed by atoms with Gasteiger partial charge in [0.1, 0.15) is 6.54 Å². The molecule has 9 nitrogen and oxygen atoms in total. The van der Waals surface area contributed by atoms with Crippen LogP contribution >= 0.6 is 0 Å². The number of carbonyl (C=O) groups excluding carboxylic acids is 1. The van der Waals surface area contributed by atoms with Crippen molar-refractivity contribution in [3.63, 3.8) is 0 Å². The molecule has 4 heterocycles. The van der Waals surface area contributed by atoms with Crippen LogP contribution in [0.15, 0.2) is 52.2 Å². The van der Waals surface area contributed by atoms with Crippen molar-refractivity contribution in [2.45, 2.75) is 58.2 Å². The first-order valence-corrected chi connectivity index (χ1v) is 13.2. The minimum atomic E-state index is -4.54. The maximum atomic E-state index is 14.7. The highest BCUT2D eigenvalue weighted by molar-refractivity contribution is 5.99. The molecule has 5 rings (SSSR count). The Morgan fingerprint density at radius 2 is 2.00 bits per heavy atom. The highest BCUT2D eigenvalue weighted by Gasteiger charge is 2.31. The monoisotopic (exact) mass is 573 g/mol. The van der Waals surface area contributed by atoms with Crippen LogP contribution in [0, 0.1) is 0 Å². The Morgan fingerprint density at radius 1 is 1.22 bits per heavy atom. The van der Waals surface area contributed by atoms with Gasteiger partial charge in [-0.1, -0.05) is 11.2 Å². The van der Waals surface area contributed by atoms with Crippen molar-refractivity contribution in [1.82, 2.24) is 29.5 Å². The highest BCUT2D eigenvalue weighted by atomic mass is 19.4. The van der Waals surface area contributed by atoms with Crippen LogP contribution in [0.4, 0.5) is 23.2 Å². The first-order valence-electron chi connectivity index (χ1n) is 13.2. The zero-order valence-corrected chi connectivity index (χ0v) is 23.2. The van der Waals surface area contributed by atoms with Gasteiger partial charge in [-0.2, -0.15) is 18.2 Å². The molecule has 0 radical (unpaired) electrons. The zero-order valence-electron chi connectivity index (χ0n) is 23.2. The Balaban J connectivity index is 1.43. The third kappa shape index (κ3) is 6.34. The molecule has 1 saturated heterocycles. The number of rotatable bonds is 6. The summed E-state index contributed by atoms with van der Waals surface area (Å²) in [6, 6.07) is 7.97. The van der Waals surface area contributed by atoms with E-state index in [2.05, 4.69) is 20.4 Å². The van der Waals surface area contributed by atoms with Gasteiger partial charge in [0.15, 0.2) is 6.17 Å². The van der Waals surface area contributed by atoms with Crippen LogP contribution in [-0.2, 0) is 18.6 Å². The van der Waals surface area contributed by atoms with Gasteiger partial charge < -0.3 is 23.9 Å². The van der Waals surface area contributed by atoms with Crippen LogP contribution in [0.1, 0.15) is 43.4 Å². The van der Waals surface area contributed by atoms with Crippen LogP contribution in [0.2, 0.25) is 0 Å². The van der Waals surface area contributed by atoms with Gasteiger partial charge in [-0.3, -0.25) is 9.79 Å². The lowest BCUT2D eigenvalue weighted by Crippen LogP contribution is -2.39. The summed E-state index contributed by atoms with van der Waals surface area (Å²) in [6.07, 6.45) is -1.85. The second-order valence-corrected chi connectivity index (χ2v) is 11.2. The molecule has 1 fully saturated rings. The van der Waals surface area contributed by atoms with Gasteiger partial charge in [-0.15, -0.1) is 0 Å². The molecule has 4 aromatic rings. The fourth-order valence-corrected chi connectivity index (χ4v) is 4.75. The summed E-state index contributed by atoms with van der Waals surface area (Å²) in [5.41, 5.74) is 1.29. The average Bonchev–Trinajstić information content (AvgIpc) is 3.63. The highest BCUT2D eigenvalue weighted by Crippen LogP contribution is 2.35. The fraction of sp³-hybridized carbons (Fsp3) is 0.429. The minimum absolute atomic E-state index is 0.0273. The maximum absolute atomic E-state index is 14.7. The van der Waals surface area contributed by atoms with E-state index in [0.29, 0.717) is 35.3 Å². The number of piperidine rings is 1. The largest absolute Gasteiger partial charge is 0.406 e. The van der Waals surface area contributed by atoms with Crippen molar-refractivity contribution in [3.05, 3.63) is 54.2 Å². The molecule has 1 N–H and O–H groups in total. The Hall–Kier alpha value is -4.00. The molecule has 0 spiro atoms. The smallest absolute Gasteiger partial charge is 0.348 e. The molecule has 1 aliphatic heterocycles. The summed E-state index contributed by atoms with van der Waals surface area (Å²) < 4.78 is 63.8. The van der Waals surface area contributed by atoms with Gasteiger partial charge in [-0.25, -0.2) is 4.39 Å². The molecular formula is C28H31F4N7O2. The van der Waals surface area contributed by atoms with Crippen molar-refractivity contribution >= 4 is 28.2 Å². The number of halogens is 4. The number of fused-ring (bicyclic) bond motifs is 1. The van der Waals surface area contributed by atoms with E-state index in [4.69, 9.17) is 4.52 Å². The predicted molar refractivity (Wildman–Crippen MR) is 146 cm³/mol. The minimum Gasteiger partial charge on any atom is -0.348 e. The first-order chi connectivity index (χ1) is 19.3. The van der Waals surface area contributed by atoms with Crippen LogP contribution in [0.25, 0.3) is 22.4 Å². The quantitative estimate of drug-likeness (QED) is 0.308. The normalized spacial score (nSPS) is 18.0. The average molecular weight is 574 g/mol. The lowest BCUT2D eigenvalue weighted by atomic mass is 10.1. The van der Waals surface area contributed by atoms with Crippen LogP contribution < -0.4 is 5.32 Å². The van der Waals surface area contributed by atoms with Crippen LogP contribution in [0.5, 0.6) is 0 Å². The second kappa shape index (κ2) is 10.8. The number of nitrogens with one attached hydrogen (secondary N) is 1. The molecule has 1 aromatic carbocycles. The molecule has 1 aliphatic rings. The van der Waals surface area contributed by atoms with E-state index in [-0.39, 0.29) is 47.5 Å². The molecule has 3 aromatic heterocycles. The first kappa shape index (κ1) is 28.5. The Bertz CT molecular complexity index is 1590. The summed E-state index contributed by atoms with van der Waals surface area (Å²) in [5, 5.41) is 7.00. The molecule has 0 aliphatic carbocycles. The molecule has 0 bridgehead atoms. The van der Waals surface area contributed by atoms with Gasteiger partial charge in [0, 0.05) is 42.8 Å². The summed E-state index contributed by atoms with van der Waals surface area (Å²) in [7, 11) is 1.82. The number of alkyl halides is 4. The number of hydrogen-bond donors (Lipinski definition) is 1. The number of nitrogens with zero attached hydrogens (tertiary/aromatic N) is 6. The predicted octanol–water partition coefficient (Wildman–Crippen LogP) is 5.49. The van der Waals surface area contributed by atoms with Crippen molar-refractivity contribution in [3.8, 4) is 11.5 Å². The molecule has 13 heteroatoms. The van der Waals surface area contributed by atoms with E-state index < -0.39 is 18.9 Å². The Kier molecular flexibility index (Phi) is 7.49. The number of aromatic nitrogens is 4. The topological polar surface area (TPSA) is 93.5 Å². The van der Waals surface area contributed by atoms with Gasteiger partial charge >= 0.3 is 6.18 Å². The number of likely N-dealkylation sites (tertiary alicyclic amines) is 1. The van der Waals surface area contributed by atoms with Crippen LogP contribution in [0.3, 0.4) is 0 Å². The number of benzene rings is 1. The standard InChI is InChI=1S/C28H31F4N7O2/c1-27(2,3)38-11-8-17(14-38)26(40)33-13-24-35-25(36-41-24)23-12-18-20(34-21-9-10-37(4)15-19(21)29)6-5-7-22(18)39(23)16-28(30,31)32/h5-8,11-12,14,19H,9-10,13,15-16H2,1-4H3,(H,33,40)/t19-/m0/s1. The Labute approximate surface area is 233 Å². The van der Waals surface area contributed by atoms with E-state index in [1.54, 1.807) is 36.7 Å².